The Balaban J connectivity index is 2.10. The van der Waals surface area contributed by atoms with Gasteiger partial charge in [-0.05, 0) is 22.6 Å². The fraction of sp³-hybridized carbons (Fsp3) is 0.583. The van der Waals surface area contributed by atoms with Crippen LogP contribution in [0.4, 0.5) is 0 Å². The maximum Gasteiger partial charge on any atom is 0.330 e. The van der Waals surface area contributed by atoms with Crippen LogP contribution in [0, 0.1) is 3.57 Å². The largest absolute Gasteiger partial charge is 0.463 e. The van der Waals surface area contributed by atoms with Crippen LogP contribution in [0.5, 0.6) is 0 Å². The summed E-state index contributed by atoms with van der Waals surface area (Å²) in [6.07, 6.45) is -0.457. The van der Waals surface area contributed by atoms with E-state index in [9.17, 15) is 19.5 Å². The quantitative estimate of drug-likeness (QED) is 0.523. The van der Waals surface area contributed by atoms with Gasteiger partial charge in [-0.3, -0.25) is 19.1 Å². The van der Waals surface area contributed by atoms with Gasteiger partial charge >= 0.3 is 11.7 Å². The van der Waals surface area contributed by atoms with E-state index in [1.165, 1.54) is 10.8 Å². The van der Waals surface area contributed by atoms with Gasteiger partial charge in [0.1, 0.15) is 18.9 Å². The van der Waals surface area contributed by atoms with Gasteiger partial charge in [0.2, 0.25) is 0 Å². The van der Waals surface area contributed by atoms with Gasteiger partial charge in [-0.2, -0.15) is 0 Å². The normalized spacial score (nSPS) is 25.0. The molecule has 1 aliphatic rings. The Kier molecular flexibility index (Phi) is 5.17. The van der Waals surface area contributed by atoms with Crippen LogP contribution in [0.3, 0.4) is 0 Å². The van der Waals surface area contributed by atoms with Crippen molar-refractivity contribution in [2.24, 2.45) is 0 Å². The number of aromatic amines is 1. The first-order valence-electron chi connectivity index (χ1n) is 6.42. The van der Waals surface area contributed by atoms with Gasteiger partial charge < -0.3 is 14.6 Å². The second-order valence-corrected chi connectivity index (χ2v) is 5.77. The number of aliphatic hydroxyl groups is 1. The van der Waals surface area contributed by atoms with Crippen molar-refractivity contribution in [1.29, 1.82) is 0 Å². The summed E-state index contributed by atoms with van der Waals surface area (Å²) >= 11 is 1.80. The molecule has 0 spiro atoms. The van der Waals surface area contributed by atoms with E-state index in [1.807, 2.05) is 0 Å². The molecule has 1 aromatic rings. The molecule has 116 valence electrons. The summed E-state index contributed by atoms with van der Waals surface area (Å²) in [6, 6.07) is 0. The molecule has 0 aromatic carbocycles. The molecule has 0 bridgehead atoms. The van der Waals surface area contributed by atoms with E-state index in [2.05, 4.69) is 4.98 Å². The molecule has 2 N–H and O–H groups in total. The predicted octanol–water partition coefficient (Wildman–Crippen LogP) is -0.257. The van der Waals surface area contributed by atoms with Gasteiger partial charge in [-0.15, -0.1) is 0 Å². The number of nitrogens with one attached hydrogen (secondary N) is 1. The summed E-state index contributed by atoms with van der Waals surface area (Å²) in [6.45, 7) is 1.60. The number of halogens is 1. The van der Waals surface area contributed by atoms with Crippen molar-refractivity contribution < 1.29 is 19.4 Å². The molecule has 1 aliphatic heterocycles. The van der Waals surface area contributed by atoms with Crippen LogP contribution in [0.1, 0.15) is 26.0 Å². The highest BCUT2D eigenvalue weighted by Gasteiger charge is 2.36. The summed E-state index contributed by atoms with van der Waals surface area (Å²) < 4.78 is 12.0. The third kappa shape index (κ3) is 3.71. The standard InChI is InChI=1S/C12H15IN2O6/c1-2-10(17)20-5-8-7(16)3-9(21-8)15-4-6(13)11(18)14-12(15)19/h4,7-9,16H,2-3,5H2,1H3,(H,14,18,19)/t7-,8+,9+/m0/s1. The minimum Gasteiger partial charge on any atom is -0.463 e. The van der Waals surface area contributed by atoms with Crippen molar-refractivity contribution in [3.63, 3.8) is 0 Å². The number of hydrogen-bond donors (Lipinski definition) is 2. The molecular weight excluding hydrogens is 395 g/mol. The Labute approximate surface area is 133 Å². The van der Waals surface area contributed by atoms with Crippen molar-refractivity contribution in [2.75, 3.05) is 6.61 Å². The zero-order chi connectivity index (χ0) is 15.6. The number of esters is 1. The van der Waals surface area contributed by atoms with Gasteiger partial charge in [0.25, 0.3) is 5.56 Å². The number of hydrogen-bond acceptors (Lipinski definition) is 6. The van der Waals surface area contributed by atoms with Crippen molar-refractivity contribution >= 4 is 28.6 Å². The van der Waals surface area contributed by atoms with E-state index in [4.69, 9.17) is 9.47 Å². The Morgan fingerprint density at radius 3 is 3.00 bits per heavy atom. The molecule has 1 saturated heterocycles. The number of H-pyrrole nitrogens is 1. The zero-order valence-electron chi connectivity index (χ0n) is 11.2. The van der Waals surface area contributed by atoms with Gasteiger partial charge in [-0.1, -0.05) is 6.92 Å². The minimum absolute atomic E-state index is 0.0699. The lowest BCUT2D eigenvalue weighted by Crippen LogP contribution is -2.33. The first-order valence-corrected chi connectivity index (χ1v) is 7.50. The summed E-state index contributed by atoms with van der Waals surface area (Å²) in [5, 5.41) is 9.92. The molecule has 1 fully saturated rings. The van der Waals surface area contributed by atoms with Crippen LogP contribution in [0.15, 0.2) is 15.8 Å². The maximum absolute atomic E-state index is 11.8. The molecule has 9 heteroatoms. The summed E-state index contributed by atoms with van der Waals surface area (Å²) in [5.74, 6) is -0.384. The second kappa shape index (κ2) is 6.71. The monoisotopic (exact) mass is 410 g/mol. The number of nitrogens with zero attached hydrogens (tertiary/aromatic N) is 1. The molecule has 3 atom stereocenters. The highest BCUT2D eigenvalue weighted by atomic mass is 127. The highest BCUT2D eigenvalue weighted by Crippen LogP contribution is 2.27. The predicted molar refractivity (Wildman–Crippen MR) is 79.8 cm³/mol. The lowest BCUT2D eigenvalue weighted by Gasteiger charge is -2.16. The van der Waals surface area contributed by atoms with Gasteiger partial charge in [-0.25, -0.2) is 4.79 Å². The highest BCUT2D eigenvalue weighted by molar-refractivity contribution is 14.1. The third-order valence-corrected chi connectivity index (χ3v) is 3.90. The summed E-state index contributed by atoms with van der Waals surface area (Å²) in [7, 11) is 0. The van der Waals surface area contributed by atoms with Gasteiger partial charge in [0.15, 0.2) is 0 Å². The minimum atomic E-state index is -0.851. The Morgan fingerprint density at radius 2 is 2.33 bits per heavy atom. The molecule has 0 radical (unpaired) electrons. The van der Waals surface area contributed by atoms with E-state index < -0.39 is 29.7 Å². The van der Waals surface area contributed by atoms with Crippen molar-refractivity contribution in [3.05, 3.63) is 30.6 Å². The van der Waals surface area contributed by atoms with Crippen LogP contribution in [0.25, 0.3) is 0 Å². The molecule has 8 nitrogen and oxygen atoms in total. The first-order chi connectivity index (χ1) is 9.92. The fourth-order valence-corrected chi connectivity index (χ4v) is 2.42. The van der Waals surface area contributed by atoms with Crippen LogP contribution in [-0.2, 0) is 14.3 Å². The molecule has 0 aliphatic carbocycles. The summed E-state index contributed by atoms with van der Waals surface area (Å²) in [4.78, 5) is 36.4. The molecule has 1 aromatic heterocycles. The molecule has 2 heterocycles. The SMILES string of the molecule is CCC(=O)OC[C@H]1O[C@@H](n2cc(I)c(=O)[nH]c2=O)C[C@@H]1O. The van der Waals surface area contributed by atoms with Gasteiger partial charge in [0, 0.05) is 19.0 Å². The van der Waals surface area contributed by atoms with Crippen LogP contribution >= 0.6 is 22.6 Å². The van der Waals surface area contributed by atoms with E-state index in [1.54, 1.807) is 29.5 Å². The van der Waals surface area contributed by atoms with Gasteiger partial charge in [0.05, 0.1) is 9.67 Å². The van der Waals surface area contributed by atoms with E-state index in [-0.39, 0.29) is 25.4 Å². The molecule has 2 rings (SSSR count). The number of rotatable bonds is 4. The van der Waals surface area contributed by atoms with E-state index in [0.29, 0.717) is 3.57 Å². The third-order valence-electron chi connectivity index (χ3n) is 3.14. The Morgan fingerprint density at radius 1 is 1.62 bits per heavy atom. The Bertz CT molecular complexity index is 639. The van der Waals surface area contributed by atoms with Crippen LogP contribution < -0.4 is 11.2 Å². The average Bonchev–Trinajstić information content (AvgIpc) is 2.81. The fourth-order valence-electron chi connectivity index (χ4n) is 1.99. The second-order valence-electron chi connectivity index (χ2n) is 4.61. The maximum atomic E-state index is 11.8. The van der Waals surface area contributed by atoms with Crippen molar-refractivity contribution in [2.45, 2.75) is 38.2 Å². The molecule has 0 saturated carbocycles. The number of aromatic nitrogens is 2. The molecule has 21 heavy (non-hydrogen) atoms. The number of carbonyl (C=O) groups is 1. The molecule has 0 amide bonds. The lowest BCUT2D eigenvalue weighted by molar-refractivity contribution is -0.149. The Hall–Kier alpha value is -1.20. The van der Waals surface area contributed by atoms with Crippen molar-refractivity contribution in [1.82, 2.24) is 9.55 Å². The zero-order valence-corrected chi connectivity index (χ0v) is 13.4. The van der Waals surface area contributed by atoms with Crippen LogP contribution in [0.2, 0.25) is 0 Å². The molecule has 0 unspecified atom stereocenters. The average molecular weight is 410 g/mol. The topological polar surface area (TPSA) is 111 Å². The van der Waals surface area contributed by atoms with Crippen LogP contribution in [-0.4, -0.2) is 39.4 Å². The van der Waals surface area contributed by atoms with E-state index in [0.717, 1.165) is 0 Å². The number of ether oxygens (including phenoxy) is 2. The number of carbonyl (C=O) groups excluding carboxylic acids is 1. The summed E-state index contributed by atoms with van der Waals surface area (Å²) in [5.41, 5.74) is -1.08. The lowest BCUT2D eigenvalue weighted by atomic mass is 10.2. The van der Waals surface area contributed by atoms with Crippen molar-refractivity contribution in [3.8, 4) is 0 Å². The smallest absolute Gasteiger partial charge is 0.330 e. The number of aliphatic hydroxyl groups excluding tert-OH is 1. The first kappa shape index (κ1) is 16.2. The van der Waals surface area contributed by atoms with E-state index >= 15 is 0 Å². The molecular formula is C12H15IN2O6.